The quantitative estimate of drug-likeness (QED) is 0.0483. The molecule has 103 heavy (non-hydrogen) atoms. The Morgan fingerprint density at radius 3 is 0.874 bits per heavy atom. The lowest BCUT2D eigenvalue weighted by atomic mass is 10.1. The van der Waals surface area contributed by atoms with E-state index < -0.39 is 49.2 Å². The number of sulfone groups is 5. The summed E-state index contributed by atoms with van der Waals surface area (Å²) in [6, 6.07) is 34.6. The second kappa shape index (κ2) is 33.1. The second-order valence-corrected chi connectivity index (χ2v) is 33.5. The van der Waals surface area contributed by atoms with Gasteiger partial charge >= 0.3 is 0 Å². The zero-order chi connectivity index (χ0) is 77.3. The van der Waals surface area contributed by atoms with Crippen LogP contribution in [0.2, 0.25) is 10.0 Å². The summed E-state index contributed by atoms with van der Waals surface area (Å²) in [4.78, 5) is 0.865. The smallest absolute Gasteiger partial charge is 0.207 e. The normalized spacial score (nSPS) is 11.5. The molecule has 0 saturated heterocycles. The van der Waals surface area contributed by atoms with E-state index in [-0.39, 0.29) is 128 Å². The zero-order valence-corrected chi connectivity index (χ0v) is 63.2. The van der Waals surface area contributed by atoms with Gasteiger partial charge in [0, 0.05) is 12.1 Å². The Bertz CT molecular complexity index is 5160. The minimum Gasteiger partial charge on any atom is -0.508 e. The van der Waals surface area contributed by atoms with E-state index >= 15 is 0 Å². The summed E-state index contributed by atoms with van der Waals surface area (Å²) in [7, 11) is -16.1. The van der Waals surface area contributed by atoms with Crippen molar-refractivity contribution in [2.45, 2.75) is 131 Å². The minimum absolute atomic E-state index is 0.0371. The maximum atomic E-state index is 12.9. The molecule has 0 amide bonds. The van der Waals surface area contributed by atoms with Gasteiger partial charge in [-0.05, 0) is 269 Å². The van der Waals surface area contributed by atoms with Crippen LogP contribution in [-0.4, -0.2) is 107 Å². The van der Waals surface area contributed by atoms with Gasteiger partial charge in [-0.25, -0.2) is 42.1 Å². The Hall–Kier alpha value is -9.87. The largest absolute Gasteiger partial charge is 0.508 e. The molecule has 10 aromatic rings. The van der Waals surface area contributed by atoms with Gasteiger partial charge in [-0.1, -0.05) is 37.0 Å². The monoisotopic (exact) mass is 1550 g/mol. The molecule has 0 fully saturated rings. The van der Waals surface area contributed by atoms with Crippen molar-refractivity contribution in [1.82, 2.24) is 0 Å². The highest BCUT2D eigenvalue weighted by Crippen LogP contribution is 2.39. The lowest BCUT2D eigenvalue weighted by Crippen LogP contribution is -2.08. The van der Waals surface area contributed by atoms with E-state index in [1.54, 1.807) is 55.4 Å². The van der Waals surface area contributed by atoms with E-state index in [0.717, 1.165) is 12.1 Å². The van der Waals surface area contributed by atoms with Gasteiger partial charge in [0.1, 0.15) is 46.0 Å². The van der Waals surface area contributed by atoms with E-state index in [9.17, 15) is 93.2 Å². The number of halogens is 2. The summed E-state index contributed by atoms with van der Waals surface area (Å²) in [5, 5.41) is 95.2. The number of hydrogen-bond acceptors (Lipinski definition) is 22. The molecule has 0 aliphatic carbocycles. The maximum absolute atomic E-state index is 12.9. The van der Waals surface area contributed by atoms with Gasteiger partial charge in [0.2, 0.25) is 49.2 Å². The van der Waals surface area contributed by atoms with Crippen molar-refractivity contribution in [3.63, 3.8) is 0 Å². The molecule has 548 valence electrons. The molecular formula is C74H76Cl2O22S5. The molecule has 0 aromatic heterocycles. The first-order valence-corrected chi connectivity index (χ1v) is 38.9. The zero-order valence-electron chi connectivity index (χ0n) is 57.6. The SMILES string of the molecule is CCc1cc(O)ccc1S(=O)(=O)c1ccc(O)cc1CC.COc1cc(S(=O)(=O)c2ccc(O)c(OC)c2)ccc1O.Cc1c(O)ccc(S(=O)(=O)c2ccc(O)c(C)c2C)c1C.Cc1cc(S(=O)(=O)c2cc(C)c(O)cc2C)c(C)cc1O.O=S(=O)(c1ccc(O)c(Cl)c1)c1ccc(O)c(Cl)c1. The Labute approximate surface area is 608 Å². The van der Waals surface area contributed by atoms with Crippen LogP contribution in [0.5, 0.6) is 69.0 Å². The third-order valence-corrected chi connectivity index (χ3v) is 26.5. The number of aromatic hydroxyl groups is 10. The first-order chi connectivity index (χ1) is 47.9. The number of ether oxygens (including phenoxy) is 2. The fourth-order valence-electron chi connectivity index (χ4n) is 10.1. The third-order valence-electron chi connectivity index (χ3n) is 16.4. The van der Waals surface area contributed by atoms with E-state index in [1.807, 2.05) is 13.8 Å². The first-order valence-electron chi connectivity index (χ1n) is 30.7. The van der Waals surface area contributed by atoms with Gasteiger partial charge in [0.25, 0.3) is 0 Å². The number of aryl methyl sites for hydroxylation is 6. The Kier molecular flexibility index (Phi) is 26.3. The van der Waals surface area contributed by atoms with Gasteiger partial charge in [-0.15, -0.1) is 0 Å². The third kappa shape index (κ3) is 18.3. The van der Waals surface area contributed by atoms with Gasteiger partial charge in [0.15, 0.2) is 23.0 Å². The summed E-state index contributed by atoms with van der Waals surface area (Å²) in [5.41, 5.74) is 5.29. The Morgan fingerprint density at radius 2 is 0.563 bits per heavy atom. The van der Waals surface area contributed by atoms with Crippen LogP contribution in [0.3, 0.4) is 0 Å². The summed E-state index contributed by atoms with van der Waals surface area (Å²) in [6.45, 7) is 17.0. The Balaban J connectivity index is 0.000000202. The fourth-order valence-corrected chi connectivity index (χ4v) is 18.7. The Morgan fingerprint density at radius 1 is 0.282 bits per heavy atom. The van der Waals surface area contributed by atoms with Crippen LogP contribution < -0.4 is 9.47 Å². The average Bonchev–Trinajstić information content (AvgIpc) is 0.769. The van der Waals surface area contributed by atoms with Gasteiger partial charge in [-0.2, -0.15) is 0 Å². The number of benzene rings is 10. The van der Waals surface area contributed by atoms with Crippen LogP contribution >= 0.6 is 23.2 Å². The van der Waals surface area contributed by atoms with Crippen molar-refractivity contribution in [3.05, 3.63) is 223 Å². The van der Waals surface area contributed by atoms with Crippen LogP contribution in [0.4, 0.5) is 0 Å². The molecule has 0 aliphatic heterocycles. The molecule has 0 spiro atoms. The lowest BCUT2D eigenvalue weighted by molar-refractivity contribution is 0.371. The van der Waals surface area contributed by atoms with Crippen LogP contribution in [0.25, 0.3) is 0 Å². The number of rotatable bonds is 14. The highest BCUT2D eigenvalue weighted by Gasteiger charge is 2.29. The molecule has 0 atom stereocenters. The molecular weight excluding hydrogens is 1470 g/mol. The van der Waals surface area contributed by atoms with E-state index in [2.05, 4.69) is 0 Å². The van der Waals surface area contributed by atoms with Crippen LogP contribution in [0.15, 0.2) is 207 Å². The first kappa shape index (κ1) is 82.1. The molecule has 0 unspecified atom stereocenters. The summed E-state index contributed by atoms with van der Waals surface area (Å²) >= 11 is 11.4. The molecule has 22 nitrogen and oxygen atoms in total. The number of methoxy groups -OCH3 is 2. The van der Waals surface area contributed by atoms with E-state index in [1.165, 1.54) is 160 Å². The highest BCUT2D eigenvalue weighted by molar-refractivity contribution is 7.92. The average molecular weight is 1550 g/mol. The molecule has 0 aliphatic rings. The molecule has 0 saturated carbocycles. The standard InChI is InChI=1S/3C16H18O4S.C14H14O6S.C12H8Cl2O4S/c1-9-7-15(11(3)5-13(9)17)21(19,20)16-8-10(2)14(18)6-12(16)4;1-9-11(3)15(7-5-13(9)17)21(19,20)16-8-6-14(18)10(2)12(16)4;1-3-11-9-13(17)5-7-15(11)21(19,20)16-8-6-14(18)10-12(16)4-2;1-19-13-7-9(3-5-11(13)15)21(17,18)10-4-6-12(16)14(8-10)20-2;13-9-5-7(1-3-11(9)15)19(17,18)8-2-4-12(16)10(14)6-8/h2*5-8,17-18H,1-4H3;5-10,17-18H,3-4H2,1-2H3;3-8,15-16H,1-2H3;1-6,15-16H. The summed E-state index contributed by atoms with van der Waals surface area (Å²) < 4.78 is 136. The molecule has 10 N–H and O–H groups in total. The van der Waals surface area contributed by atoms with Gasteiger partial charge < -0.3 is 60.5 Å². The molecule has 0 heterocycles. The van der Waals surface area contributed by atoms with Crippen molar-refractivity contribution in [3.8, 4) is 69.0 Å². The van der Waals surface area contributed by atoms with Crippen molar-refractivity contribution in [1.29, 1.82) is 0 Å². The van der Waals surface area contributed by atoms with Gasteiger partial charge in [-0.3, -0.25) is 0 Å². The topological polar surface area (TPSA) is 391 Å². The molecule has 0 bridgehead atoms. The lowest BCUT2D eigenvalue weighted by Gasteiger charge is -2.14. The van der Waals surface area contributed by atoms with Gasteiger partial charge in [0.05, 0.1) is 73.2 Å². The van der Waals surface area contributed by atoms with Crippen LogP contribution in [-0.2, 0) is 62.0 Å². The number of hydrogen-bond donors (Lipinski definition) is 10. The highest BCUT2D eigenvalue weighted by atomic mass is 35.5. The van der Waals surface area contributed by atoms with Crippen molar-refractivity contribution in [2.75, 3.05) is 14.2 Å². The fraction of sp³-hybridized carbons (Fsp3) is 0.189. The predicted octanol–water partition coefficient (Wildman–Crippen LogP) is 14.6. The second-order valence-electron chi connectivity index (χ2n) is 23.2. The van der Waals surface area contributed by atoms with Crippen molar-refractivity contribution in [2.24, 2.45) is 0 Å². The van der Waals surface area contributed by atoms with E-state index in [4.69, 9.17) is 32.7 Å². The van der Waals surface area contributed by atoms with Crippen LogP contribution in [0.1, 0.15) is 69.5 Å². The molecule has 0 radical (unpaired) electrons. The van der Waals surface area contributed by atoms with E-state index in [0.29, 0.717) is 68.5 Å². The van der Waals surface area contributed by atoms with Crippen molar-refractivity contribution < 1.29 is 103 Å². The number of phenolic OH excluding ortho intramolecular Hbond substituents is 10. The minimum atomic E-state index is -3.82. The van der Waals surface area contributed by atoms with Crippen LogP contribution in [0, 0.1) is 55.4 Å². The summed E-state index contributed by atoms with van der Waals surface area (Å²) in [5.74, 6) is -0.207. The summed E-state index contributed by atoms with van der Waals surface area (Å²) in [6.07, 6.45) is 1.00. The predicted molar refractivity (Wildman–Crippen MR) is 388 cm³/mol. The molecule has 10 rings (SSSR count). The molecule has 10 aromatic carbocycles. The van der Waals surface area contributed by atoms with Crippen molar-refractivity contribution >= 4 is 72.4 Å². The maximum Gasteiger partial charge on any atom is 0.207 e. The molecule has 29 heteroatoms. The number of phenols is 10.